The van der Waals surface area contributed by atoms with E-state index in [2.05, 4.69) is 0 Å². The molecule has 0 radical (unpaired) electrons. The molecule has 0 atom stereocenters. The molecule has 0 aromatic rings. The first-order chi connectivity index (χ1) is 2.00. The summed E-state index contributed by atoms with van der Waals surface area (Å²) in [4.78, 5) is 0. The van der Waals surface area contributed by atoms with Crippen molar-refractivity contribution in [1.82, 2.24) is 0 Å². The van der Waals surface area contributed by atoms with Crippen molar-refractivity contribution in [2.45, 2.75) is 0 Å². The van der Waals surface area contributed by atoms with E-state index in [0.29, 0.717) is 0 Å². The third kappa shape index (κ3) is 176. The first-order valence-corrected chi connectivity index (χ1v) is 2.00. The van der Waals surface area contributed by atoms with Crippen LogP contribution < -0.4 is 103 Å². The fourth-order valence-corrected chi connectivity index (χ4v) is 0. The smallest absolute Gasteiger partial charge is 0.759 e. The molecular weight excluding hydrogens is 238 g/mol. The largest absolute Gasteiger partial charge is 1.00 e. The fraction of sp³-hybridized carbons (Fsp3) is 0. The van der Waals surface area contributed by atoms with E-state index in [1.54, 1.807) is 0 Å². The van der Waals surface area contributed by atoms with E-state index in [-0.39, 0.29) is 125 Å². The molecule has 0 aromatic heterocycles. The fourth-order valence-electron chi connectivity index (χ4n) is 0. The van der Waals surface area contributed by atoms with Crippen LogP contribution in [0, 0.1) is 0 Å². The molecule has 0 unspecified atom stereocenters. The Bertz CT molecular complexity index is 95.3. The molecule has 0 rings (SSSR count). The monoisotopic (exact) mass is 246 g/mol. The van der Waals surface area contributed by atoms with Gasteiger partial charge in [-0.15, -0.1) is 0 Å². The van der Waals surface area contributed by atoms with Gasteiger partial charge in [0.25, 0.3) is 0 Å². The zero-order chi connectivity index (χ0) is 4.50. The molecule has 64 valence electrons. The quantitative estimate of drug-likeness (QED) is 0.231. The third-order valence-corrected chi connectivity index (χ3v) is 0. The average molecular weight is 246 g/mol. The molecule has 0 aliphatic heterocycles. The van der Waals surface area contributed by atoms with E-state index in [0.717, 1.165) is 0 Å². The van der Waals surface area contributed by atoms with Gasteiger partial charge >= 0.3 is 103 Å². The van der Waals surface area contributed by atoms with Crippen molar-refractivity contribution in [3.8, 4) is 0 Å². The van der Waals surface area contributed by atoms with Crippen molar-refractivity contribution in [3.63, 3.8) is 0 Å². The van der Waals surface area contributed by atoms with E-state index in [9.17, 15) is 0 Å². The minimum absolute atomic E-state index is 0. The summed E-state index contributed by atoms with van der Waals surface area (Å²) in [6.07, 6.45) is 0. The maximum Gasteiger partial charge on any atom is 1.00 e. The van der Waals surface area contributed by atoms with Crippen LogP contribution in [-0.4, -0.2) is 39.4 Å². The Morgan fingerprint density at radius 1 is 0.727 bits per heavy atom. The second-order valence-electron chi connectivity index (χ2n) is 0.408. The van der Waals surface area contributed by atoms with Crippen LogP contribution in [0.15, 0.2) is 0 Å². The van der Waals surface area contributed by atoms with Crippen molar-refractivity contribution < 1.29 is 142 Å². The molecule has 8 nitrogen and oxygen atoms in total. The molecule has 0 spiro atoms. The second kappa shape index (κ2) is 23.1. The molecule has 8 N–H and O–H groups in total. The molecule has 0 amide bonds. The maximum absolute atomic E-state index is 8.52. The minimum atomic E-state index is -5.17. The van der Waals surface area contributed by atoms with Crippen LogP contribution >= 0.6 is 0 Å². The number of rotatable bonds is 0. The molecule has 0 aromatic carbocycles. The number of hydrogen-bond donors (Lipinski definition) is 0. The van der Waals surface area contributed by atoms with Crippen molar-refractivity contribution >= 4 is 10.4 Å². The van der Waals surface area contributed by atoms with Crippen molar-refractivity contribution in [3.05, 3.63) is 0 Å². The van der Waals surface area contributed by atoms with Gasteiger partial charge in [0.1, 0.15) is 0 Å². The molecule has 0 aliphatic carbocycles. The maximum atomic E-state index is 8.52. The summed E-state index contributed by atoms with van der Waals surface area (Å²) in [5, 5.41) is 0. The minimum Gasteiger partial charge on any atom is -0.759 e. The topological polar surface area (TPSA) is 206 Å². The van der Waals surface area contributed by atoms with Gasteiger partial charge in [0, 0.05) is 10.4 Å². The second-order valence-corrected chi connectivity index (χ2v) is 1.22. The van der Waals surface area contributed by atoms with E-state index < -0.39 is 10.4 Å². The summed E-state index contributed by atoms with van der Waals surface area (Å²) >= 11 is 0. The zero-order valence-electron chi connectivity index (χ0n) is 6.04. The summed E-state index contributed by atoms with van der Waals surface area (Å²) in [7, 11) is -5.17. The Morgan fingerprint density at radius 2 is 0.727 bits per heavy atom. The van der Waals surface area contributed by atoms with Crippen LogP contribution in [0.2, 0.25) is 0 Å². The van der Waals surface area contributed by atoms with Gasteiger partial charge in [0.05, 0.1) is 0 Å². The van der Waals surface area contributed by atoms with Gasteiger partial charge < -0.3 is 31.0 Å². The van der Waals surface area contributed by atoms with Crippen LogP contribution in [0.5, 0.6) is 0 Å². The Kier molecular flexibility index (Phi) is 102. The van der Waals surface area contributed by atoms with E-state index >= 15 is 0 Å². The molecule has 0 heterocycles. The Hall–Kier alpha value is 2.98. The molecule has 11 heavy (non-hydrogen) atoms. The van der Waals surface area contributed by atoms with E-state index in [4.69, 9.17) is 17.5 Å². The van der Waals surface area contributed by atoms with Crippen molar-refractivity contribution in [2.75, 3.05) is 0 Å². The molecule has 0 saturated heterocycles. The molecule has 0 bridgehead atoms. The molecule has 0 saturated carbocycles. The molecule has 0 aliphatic rings. The van der Waals surface area contributed by atoms with Crippen LogP contribution in [0.4, 0.5) is 0 Å². The van der Waals surface area contributed by atoms with Crippen LogP contribution in [-0.2, 0) is 10.4 Å². The van der Waals surface area contributed by atoms with Crippen LogP contribution in [0.1, 0.15) is 0 Å². The van der Waals surface area contributed by atoms with Crippen LogP contribution in [0.3, 0.4) is 0 Å². The van der Waals surface area contributed by atoms with E-state index in [1.165, 1.54) is 0 Å². The predicted molar refractivity (Wildman–Crippen MR) is 24.9 cm³/mol. The SMILES string of the molecule is O.O.O.O.O=S(=O)([O-])[O-].[K+].[K+]. The van der Waals surface area contributed by atoms with Crippen LogP contribution in [0.25, 0.3) is 0 Å². The third-order valence-electron chi connectivity index (χ3n) is 0. The standard InChI is InChI=1S/2K.H2O4S.4H2O/c;;1-5(2,3)4;;;;/h;;(H2,1,2,3,4);4*1H2/q2*+1;;;;;/p-2. The normalized spacial score (nSPS) is 5.27. The first kappa shape index (κ1) is 48.3. The summed E-state index contributed by atoms with van der Waals surface area (Å²) in [6.45, 7) is 0. The van der Waals surface area contributed by atoms with Gasteiger partial charge in [-0.2, -0.15) is 0 Å². The number of hydrogen-bond acceptors (Lipinski definition) is 4. The Balaban J connectivity index is -0.00000000533. The van der Waals surface area contributed by atoms with Gasteiger partial charge in [-0.05, 0) is 0 Å². The van der Waals surface area contributed by atoms with Crippen molar-refractivity contribution in [1.29, 1.82) is 0 Å². The molecule has 11 heteroatoms. The van der Waals surface area contributed by atoms with Gasteiger partial charge in [-0.1, -0.05) is 0 Å². The zero-order valence-corrected chi connectivity index (χ0v) is 13.1. The summed E-state index contributed by atoms with van der Waals surface area (Å²) in [6, 6.07) is 0. The summed E-state index contributed by atoms with van der Waals surface area (Å²) < 4.78 is 34.1. The summed E-state index contributed by atoms with van der Waals surface area (Å²) in [5.74, 6) is 0. The summed E-state index contributed by atoms with van der Waals surface area (Å²) in [5.41, 5.74) is 0. The van der Waals surface area contributed by atoms with Gasteiger partial charge in [0.15, 0.2) is 0 Å². The van der Waals surface area contributed by atoms with Gasteiger partial charge in [-0.25, -0.2) is 0 Å². The molecule has 0 fully saturated rings. The average Bonchev–Trinajstić information content (AvgIpc) is 0.722. The van der Waals surface area contributed by atoms with Gasteiger partial charge in [-0.3, -0.25) is 8.42 Å². The van der Waals surface area contributed by atoms with Crippen molar-refractivity contribution in [2.24, 2.45) is 0 Å². The van der Waals surface area contributed by atoms with E-state index in [1.807, 2.05) is 0 Å². The predicted octanol–water partition coefficient (Wildman–Crippen LogP) is -10.6. The van der Waals surface area contributed by atoms with Gasteiger partial charge in [0.2, 0.25) is 0 Å². The first-order valence-electron chi connectivity index (χ1n) is 0.667. The Labute approximate surface area is 149 Å². The Morgan fingerprint density at radius 3 is 0.727 bits per heavy atom. The molecular formula is H8K2O8S.